The Morgan fingerprint density at radius 2 is 1.96 bits per heavy atom. The van der Waals surface area contributed by atoms with Crippen molar-refractivity contribution in [3.63, 3.8) is 0 Å². The average Bonchev–Trinajstić information content (AvgIpc) is 2.56. The smallest absolute Gasteiger partial charge is 0.255 e. The molecule has 1 atom stereocenters. The molecule has 3 rings (SSSR count). The number of nitrogens with one attached hydrogen (secondary N) is 3. The number of halogens is 2. The summed E-state index contributed by atoms with van der Waals surface area (Å²) in [6.07, 6.45) is 0. The molecule has 1 heterocycles. The number of carbonyl (C=O) groups excluding carboxylic acids is 1. The van der Waals surface area contributed by atoms with Gasteiger partial charge in [0.25, 0.3) is 5.91 Å². The highest BCUT2D eigenvalue weighted by molar-refractivity contribution is 7.80. The van der Waals surface area contributed by atoms with Crippen LogP contribution in [-0.2, 0) is 4.79 Å². The van der Waals surface area contributed by atoms with Gasteiger partial charge in [0, 0.05) is 16.4 Å². The number of anilines is 1. The van der Waals surface area contributed by atoms with Crippen LogP contribution in [0, 0.1) is 5.82 Å². The van der Waals surface area contributed by atoms with Crippen molar-refractivity contribution in [1.82, 2.24) is 10.6 Å². The maximum Gasteiger partial charge on any atom is 0.255 e. The fraction of sp³-hybridized carbons (Fsp3) is 0.111. The molecule has 1 aliphatic rings. The first kappa shape index (κ1) is 17.4. The van der Waals surface area contributed by atoms with Crippen LogP contribution < -0.4 is 16.0 Å². The summed E-state index contributed by atoms with van der Waals surface area (Å²) in [5.74, 6) is -0.685. The lowest BCUT2D eigenvalue weighted by molar-refractivity contribution is -0.113. The summed E-state index contributed by atoms with van der Waals surface area (Å²) < 4.78 is 13.6. The van der Waals surface area contributed by atoms with Gasteiger partial charge in [-0.1, -0.05) is 23.7 Å². The first-order valence-electron chi connectivity index (χ1n) is 7.54. The minimum atomic E-state index is -0.545. The zero-order chi connectivity index (χ0) is 18.0. The molecule has 1 amide bonds. The summed E-state index contributed by atoms with van der Waals surface area (Å²) in [5, 5.41) is 9.76. The van der Waals surface area contributed by atoms with Gasteiger partial charge in [-0.15, -0.1) is 0 Å². The maximum absolute atomic E-state index is 13.6. The molecule has 0 aromatic heterocycles. The Morgan fingerprint density at radius 3 is 2.64 bits per heavy atom. The van der Waals surface area contributed by atoms with E-state index in [4.69, 9.17) is 23.8 Å². The largest absolute Gasteiger partial charge is 0.351 e. The van der Waals surface area contributed by atoms with Crippen molar-refractivity contribution in [2.75, 3.05) is 5.32 Å². The van der Waals surface area contributed by atoms with Crippen LogP contribution in [0.25, 0.3) is 0 Å². The molecule has 0 saturated carbocycles. The summed E-state index contributed by atoms with van der Waals surface area (Å²) in [6, 6.07) is 12.3. The highest BCUT2D eigenvalue weighted by Crippen LogP contribution is 2.28. The first-order chi connectivity index (χ1) is 11.9. The second-order valence-corrected chi connectivity index (χ2v) is 6.43. The summed E-state index contributed by atoms with van der Waals surface area (Å²) in [6.45, 7) is 1.76. The zero-order valence-corrected chi connectivity index (χ0v) is 14.8. The molecular formula is C18H15ClFN3OS. The second kappa shape index (κ2) is 7.21. The third kappa shape index (κ3) is 3.97. The lowest BCUT2D eigenvalue weighted by atomic mass is 9.95. The minimum absolute atomic E-state index is 0.309. The van der Waals surface area contributed by atoms with E-state index in [0.29, 0.717) is 32.7 Å². The summed E-state index contributed by atoms with van der Waals surface area (Å²) in [7, 11) is 0. The van der Waals surface area contributed by atoms with Gasteiger partial charge in [0.1, 0.15) is 5.82 Å². The van der Waals surface area contributed by atoms with E-state index in [-0.39, 0.29) is 11.7 Å². The van der Waals surface area contributed by atoms with E-state index in [1.54, 1.807) is 43.3 Å². The molecule has 7 heteroatoms. The quantitative estimate of drug-likeness (QED) is 0.712. The van der Waals surface area contributed by atoms with Crippen LogP contribution in [-0.4, -0.2) is 11.0 Å². The van der Waals surface area contributed by atoms with Crippen LogP contribution in [0.2, 0.25) is 5.02 Å². The van der Waals surface area contributed by atoms with E-state index >= 15 is 0 Å². The minimum Gasteiger partial charge on any atom is -0.351 e. The van der Waals surface area contributed by atoms with Crippen molar-refractivity contribution in [2.45, 2.75) is 13.0 Å². The van der Waals surface area contributed by atoms with E-state index in [1.165, 1.54) is 12.1 Å². The molecule has 1 aliphatic heterocycles. The molecule has 0 saturated heterocycles. The molecular weight excluding hydrogens is 361 g/mol. The number of amides is 1. The van der Waals surface area contributed by atoms with Crippen LogP contribution in [0.1, 0.15) is 18.5 Å². The standard InChI is InChI=1S/C18H15ClFN3OS/c1-10-15(17(24)22-14-7-5-12(19)6-8-14)16(23-18(25)21-10)11-3-2-4-13(20)9-11/h2-9,16H,1H3,(H,22,24)(H2,21,23,25). The Kier molecular flexibility index (Phi) is 5.01. The number of hydrogen-bond donors (Lipinski definition) is 3. The predicted molar refractivity (Wildman–Crippen MR) is 101 cm³/mol. The van der Waals surface area contributed by atoms with Crippen LogP contribution in [0.5, 0.6) is 0 Å². The molecule has 0 aliphatic carbocycles. The van der Waals surface area contributed by atoms with Gasteiger partial charge in [-0.05, 0) is 61.1 Å². The fourth-order valence-corrected chi connectivity index (χ4v) is 3.06. The Bertz CT molecular complexity index is 867. The molecule has 25 heavy (non-hydrogen) atoms. The monoisotopic (exact) mass is 375 g/mol. The molecule has 2 aromatic rings. The molecule has 128 valence electrons. The van der Waals surface area contributed by atoms with E-state index in [0.717, 1.165) is 0 Å². The molecule has 0 spiro atoms. The van der Waals surface area contributed by atoms with Crippen molar-refractivity contribution < 1.29 is 9.18 Å². The molecule has 1 unspecified atom stereocenters. The van der Waals surface area contributed by atoms with Gasteiger partial charge in [-0.3, -0.25) is 4.79 Å². The number of carbonyl (C=O) groups is 1. The highest BCUT2D eigenvalue weighted by Gasteiger charge is 2.30. The third-order valence-corrected chi connectivity index (χ3v) is 4.27. The van der Waals surface area contributed by atoms with Crippen LogP contribution in [0.3, 0.4) is 0 Å². The van der Waals surface area contributed by atoms with Crippen LogP contribution in [0.15, 0.2) is 59.8 Å². The molecule has 0 radical (unpaired) electrons. The van der Waals surface area contributed by atoms with E-state index < -0.39 is 6.04 Å². The Hall–Kier alpha value is -2.44. The number of thiocarbonyl (C=S) groups is 1. The fourth-order valence-electron chi connectivity index (χ4n) is 2.66. The molecule has 0 bridgehead atoms. The lowest BCUT2D eigenvalue weighted by Gasteiger charge is -2.30. The summed E-state index contributed by atoms with van der Waals surface area (Å²) in [4.78, 5) is 12.8. The van der Waals surface area contributed by atoms with Crippen LogP contribution >= 0.6 is 23.8 Å². The van der Waals surface area contributed by atoms with Gasteiger partial charge in [0.2, 0.25) is 0 Å². The summed E-state index contributed by atoms with van der Waals surface area (Å²) >= 11 is 11.0. The Labute approximate surface area is 155 Å². The lowest BCUT2D eigenvalue weighted by Crippen LogP contribution is -2.45. The van der Waals surface area contributed by atoms with Gasteiger partial charge in [0.05, 0.1) is 11.6 Å². The Balaban J connectivity index is 1.94. The molecule has 4 nitrogen and oxygen atoms in total. The van der Waals surface area contributed by atoms with E-state index in [9.17, 15) is 9.18 Å². The SMILES string of the molecule is CC1=C(C(=O)Nc2ccc(Cl)cc2)C(c2cccc(F)c2)NC(=S)N1. The van der Waals surface area contributed by atoms with Gasteiger partial charge < -0.3 is 16.0 Å². The number of allylic oxidation sites excluding steroid dienone is 1. The van der Waals surface area contributed by atoms with E-state index in [2.05, 4.69) is 16.0 Å². The first-order valence-corrected chi connectivity index (χ1v) is 8.33. The van der Waals surface area contributed by atoms with E-state index in [1.807, 2.05) is 0 Å². The second-order valence-electron chi connectivity index (χ2n) is 5.59. The van der Waals surface area contributed by atoms with Crippen LogP contribution in [0.4, 0.5) is 10.1 Å². The van der Waals surface area contributed by atoms with Crippen molar-refractivity contribution >= 4 is 40.5 Å². The predicted octanol–water partition coefficient (Wildman–Crippen LogP) is 3.91. The van der Waals surface area contributed by atoms with Gasteiger partial charge in [-0.2, -0.15) is 0 Å². The van der Waals surface area contributed by atoms with Crippen molar-refractivity contribution in [1.29, 1.82) is 0 Å². The maximum atomic E-state index is 13.6. The Morgan fingerprint density at radius 1 is 1.24 bits per heavy atom. The third-order valence-electron chi connectivity index (χ3n) is 3.80. The zero-order valence-electron chi connectivity index (χ0n) is 13.3. The topological polar surface area (TPSA) is 53.2 Å². The molecule has 3 N–H and O–H groups in total. The molecule has 2 aromatic carbocycles. The summed E-state index contributed by atoms with van der Waals surface area (Å²) in [5.41, 5.74) is 2.28. The van der Waals surface area contributed by atoms with Gasteiger partial charge in [-0.25, -0.2) is 4.39 Å². The van der Waals surface area contributed by atoms with Gasteiger partial charge in [0.15, 0.2) is 5.11 Å². The normalized spacial score (nSPS) is 16.9. The van der Waals surface area contributed by atoms with Gasteiger partial charge >= 0.3 is 0 Å². The molecule has 0 fully saturated rings. The van der Waals surface area contributed by atoms with Crippen molar-refractivity contribution in [3.05, 3.63) is 76.2 Å². The number of rotatable bonds is 3. The van der Waals surface area contributed by atoms with Crippen molar-refractivity contribution in [3.8, 4) is 0 Å². The highest BCUT2D eigenvalue weighted by atomic mass is 35.5. The average molecular weight is 376 g/mol. The van der Waals surface area contributed by atoms with Crippen molar-refractivity contribution in [2.24, 2.45) is 0 Å². The number of hydrogen-bond acceptors (Lipinski definition) is 2. The number of benzene rings is 2.